The number of imidazole rings is 1. The van der Waals surface area contributed by atoms with Gasteiger partial charge in [0.15, 0.2) is 5.82 Å². The molecule has 0 spiro atoms. The zero-order valence-electron chi connectivity index (χ0n) is 20.2. The Morgan fingerprint density at radius 3 is 2.89 bits per heavy atom. The highest BCUT2D eigenvalue weighted by atomic mass is 19.1. The number of aromatic nitrogens is 4. The average molecular weight is 475 g/mol. The Hall–Kier alpha value is -3.23. The minimum absolute atomic E-state index is 0.248. The number of ether oxygens (including phenoxy) is 1. The molecular weight excluding hydrogens is 443 g/mol. The molecule has 1 fully saturated rings. The zero-order valence-corrected chi connectivity index (χ0v) is 20.2. The fourth-order valence-corrected chi connectivity index (χ4v) is 5.35. The van der Waals surface area contributed by atoms with Crippen LogP contribution in [0.1, 0.15) is 54.8 Å². The van der Waals surface area contributed by atoms with E-state index >= 15 is 0 Å². The van der Waals surface area contributed by atoms with Crippen molar-refractivity contribution in [1.29, 1.82) is 0 Å². The molecule has 0 aliphatic carbocycles. The van der Waals surface area contributed by atoms with Gasteiger partial charge in [0.05, 0.1) is 16.9 Å². The van der Waals surface area contributed by atoms with Gasteiger partial charge in [-0.2, -0.15) is 5.10 Å². The van der Waals surface area contributed by atoms with Gasteiger partial charge in [0, 0.05) is 31.1 Å². The number of hydrogen-bond donors (Lipinski definition) is 3. The van der Waals surface area contributed by atoms with Crippen molar-refractivity contribution >= 4 is 10.9 Å². The molecule has 182 valence electrons. The monoisotopic (exact) mass is 474 g/mol. The lowest BCUT2D eigenvalue weighted by atomic mass is 10.0. The maximum absolute atomic E-state index is 13.9. The maximum atomic E-state index is 13.9. The van der Waals surface area contributed by atoms with E-state index in [0.29, 0.717) is 11.8 Å². The molecule has 4 aromatic rings. The molecule has 2 aromatic carbocycles. The van der Waals surface area contributed by atoms with Crippen molar-refractivity contribution in [3.63, 3.8) is 0 Å². The van der Waals surface area contributed by atoms with Crippen molar-refractivity contribution in [3.05, 3.63) is 64.7 Å². The normalized spacial score (nSPS) is 19.2. The van der Waals surface area contributed by atoms with Gasteiger partial charge in [-0.1, -0.05) is 12.5 Å². The van der Waals surface area contributed by atoms with Crippen molar-refractivity contribution in [2.24, 2.45) is 0 Å². The third-order valence-electron chi connectivity index (χ3n) is 7.12. The van der Waals surface area contributed by atoms with E-state index < -0.39 is 0 Å². The molecule has 2 atom stereocenters. The number of rotatable bonds is 6. The second-order valence-corrected chi connectivity index (χ2v) is 9.93. The first-order chi connectivity index (χ1) is 17.0. The number of piperidine rings is 1. The highest BCUT2D eigenvalue weighted by Gasteiger charge is 2.27. The van der Waals surface area contributed by atoms with Gasteiger partial charge in [-0.15, -0.1) is 0 Å². The largest absolute Gasteiger partial charge is 0.486 e. The van der Waals surface area contributed by atoms with Crippen LogP contribution in [0.5, 0.6) is 5.75 Å². The van der Waals surface area contributed by atoms with E-state index in [-0.39, 0.29) is 11.9 Å². The highest BCUT2D eigenvalue weighted by molar-refractivity contribution is 5.92. The summed E-state index contributed by atoms with van der Waals surface area (Å²) in [5.74, 6) is 1.24. The molecule has 0 amide bonds. The number of nitrogens with one attached hydrogen (secondary N) is 3. The van der Waals surface area contributed by atoms with E-state index in [1.165, 1.54) is 37.1 Å². The predicted molar refractivity (Wildman–Crippen MR) is 134 cm³/mol. The number of nitrogens with zero attached hydrogens (tertiary/aromatic N) is 3. The van der Waals surface area contributed by atoms with Crippen LogP contribution in [0.4, 0.5) is 4.39 Å². The molecular formula is C27H31FN6O. The summed E-state index contributed by atoms with van der Waals surface area (Å²) in [4.78, 5) is 10.9. The first-order valence-corrected chi connectivity index (χ1v) is 12.5. The Morgan fingerprint density at radius 2 is 2.09 bits per heavy atom. The van der Waals surface area contributed by atoms with E-state index in [9.17, 15) is 4.39 Å². The van der Waals surface area contributed by atoms with Gasteiger partial charge in [-0.05, 0) is 74.7 Å². The number of halogens is 1. The quantitative estimate of drug-likeness (QED) is 0.366. The summed E-state index contributed by atoms with van der Waals surface area (Å²) in [7, 11) is 0. The maximum Gasteiger partial charge on any atom is 0.159 e. The Labute approximate surface area is 204 Å². The van der Waals surface area contributed by atoms with Gasteiger partial charge in [0.2, 0.25) is 0 Å². The first-order valence-electron chi connectivity index (χ1n) is 12.5. The van der Waals surface area contributed by atoms with Crippen LogP contribution >= 0.6 is 0 Å². The minimum Gasteiger partial charge on any atom is -0.486 e. The van der Waals surface area contributed by atoms with E-state index in [0.717, 1.165) is 65.4 Å². The number of fused-ring (bicyclic) bond motifs is 2. The summed E-state index contributed by atoms with van der Waals surface area (Å²) in [6.45, 7) is 7.77. The molecule has 7 nitrogen and oxygen atoms in total. The number of aromatic amines is 2. The van der Waals surface area contributed by atoms with Crippen LogP contribution in [0.2, 0.25) is 0 Å². The van der Waals surface area contributed by atoms with Crippen LogP contribution in [0.3, 0.4) is 0 Å². The van der Waals surface area contributed by atoms with Crippen LogP contribution in [-0.2, 0) is 13.1 Å². The third kappa shape index (κ3) is 4.56. The third-order valence-corrected chi connectivity index (χ3v) is 7.12. The fraction of sp³-hybridized carbons (Fsp3) is 0.407. The SMILES string of the molecule is Cc1cc(F)cc(C(C)Oc2ccc3[nH]nc(-c4nc5c([nH]4)CN(CC4CCCCN4)C5)c3c2)c1. The second-order valence-electron chi connectivity index (χ2n) is 9.93. The molecule has 2 aliphatic heterocycles. The Morgan fingerprint density at radius 1 is 1.17 bits per heavy atom. The molecule has 4 heterocycles. The van der Waals surface area contributed by atoms with Crippen molar-refractivity contribution < 1.29 is 9.13 Å². The summed E-state index contributed by atoms with van der Waals surface area (Å²) in [5.41, 5.74) is 5.68. The van der Waals surface area contributed by atoms with E-state index in [1.54, 1.807) is 0 Å². The lowest BCUT2D eigenvalue weighted by molar-refractivity contribution is 0.226. The molecule has 8 heteroatoms. The van der Waals surface area contributed by atoms with Gasteiger partial charge >= 0.3 is 0 Å². The van der Waals surface area contributed by atoms with Crippen LogP contribution < -0.4 is 10.1 Å². The summed E-state index contributed by atoms with van der Waals surface area (Å²) in [6, 6.07) is 11.4. The van der Waals surface area contributed by atoms with Crippen molar-refractivity contribution in [1.82, 2.24) is 30.4 Å². The number of H-pyrrole nitrogens is 2. The van der Waals surface area contributed by atoms with Gasteiger partial charge in [0.25, 0.3) is 0 Å². The van der Waals surface area contributed by atoms with E-state index in [4.69, 9.17) is 9.72 Å². The summed E-state index contributed by atoms with van der Waals surface area (Å²) in [6.07, 6.45) is 3.57. The summed E-state index contributed by atoms with van der Waals surface area (Å²) in [5, 5.41) is 12.2. The number of benzene rings is 2. The smallest absolute Gasteiger partial charge is 0.159 e. The summed E-state index contributed by atoms with van der Waals surface area (Å²) >= 11 is 0. The predicted octanol–water partition coefficient (Wildman–Crippen LogP) is 5.00. The Kier molecular flexibility index (Phi) is 5.78. The number of hydrogen-bond acceptors (Lipinski definition) is 5. The van der Waals surface area contributed by atoms with Crippen molar-refractivity contribution in [2.75, 3.05) is 13.1 Å². The number of aryl methyl sites for hydroxylation is 1. The van der Waals surface area contributed by atoms with Crippen LogP contribution in [-0.4, -0.2) is 44.2 Å². The zero-order chi connectivity index (χ0) is 23.9. The first kappa shape index (κ1) is 22.2. The van der Waals surface area contributed by atoms with Gasteiger partial charge in [0.1, 0.15) is 23.4 Å². The second kappa shape index (κ2) is 9.09. The van der Waals surface area contributed by atoms with Crippen LogP contribution in [0, 0.1) is 12.7 Å². The molecule has 3 N–H and O–H groups in total. The van der Waals surface area contributed by atoms with Crippen LogP contribution in [0.15, 0.2) is 36.4 Å². The molecule has 1 saturated heterocycles. The molecule has 0 saturated carbocycles. The fourth-order valence-electron chi connectivity index (χ4n) is 5.35. The average Bonchev–Trinajstić information content (AvgIpc) is 3.52. The topological polar surface area (TPSA) is 81.9 Å². The van der Waals surface area contributed by atoms with Crippen molar-refractivity contribution in [3.8, 4) is 17.3 Å². The highest BCUT2D eigenvalue weighted by Crippen LogP contribution is 2.32. The molecule has 2 unspecified atom stereocenters. The van der Waals surface area contributed by atoms with E-state index in [2.05, 4.69) is 25.4 Å². The summed E-state index contributed by atoms with van der Waals surface area (Å²) < 4.78 is 20.0. The molecule has 35 heavy (non-hydrogen) atoms. The van der Waals surface area contributed by atoms with Gasteiger partial charge in [-0.3, -0.25) is 10.00 Å². The molecule has 2 aliphatic rings. The minimum atomic E-state index is -0.283. The lowest BCUT2D eigenvalue weighted by Gasteiger charge is -2.27. The lowest BCUT2D eigenvalue weighted by Crippen LogP contribution is -2.42. The Bertz CT molecular complexity index is 1310. The molecule has 0 bridgehead atoms. The Balaban J connectivity index is 1.19. The van der Waals surface area contributed by atoms with Crippen LogP contribution in [0.25, 0.3) is 22.4 Å². The molecule has 6 rings (SSSR count). The van der Waals surface area contributed by atoms with Crippen molar-refractivity contribution in [2.45, 2.75) is 58.3 Å². The van der Waals surface area contributed by atoms with Gasteiger partial charge in [-0.25, -0.2) is 9.37 Å². The molecule has 2 aromatic heterocycles. The van der Waals surface area contributed by atoms with Gasteiger partial charge < -0.3 is 15.0 Å². The standard InChI is InChI=1S/C27H31FN6O/c1-16-9-18(11-19(28)10-16)17(2)35-21-6-7-23-22(12-21)26(33-32-23)27-30-24-14-34(15-25(24)31-27)13-20-5-3-4-8-29-20/h6-7,9-12,17,20,29H,3-5,8,13-15H2,1-2H3,(H,30,31)(H,32,33). The molecule has 0 radical (unpaired) electrons. The van der Waals surface area contributed by atoms with E-state index in [1.807, 2.05) is 38.1 Å².